The molecule has 0 radical (unpaired) electrons. The number of fused-ring (bicyclic) bond motifs is 1. The summed E-state index contributed by atoms with van der Waals surface area (Å²) in [5.74, 6) is -0.0326. The van der Waals surface area contributed by atoms with E-state index in [1.807, 2.05) is 21.9 Å². The van der Waals surface area contributed by atoms with E-state index in [-0.39, 0.29) is 23.9 Å². The van der Waals surface area contributed by atoms with E-state index in [2.05, 4.69) is 10.2 Å². The number of H-pyrrole nitrogens is 1. The molecular formula is C20H25N5O3. The minimum atomic E-state index is -0.253. The lowest BCUT2D eigenvalue weighted by Crippen LogP contribution is -2.55. The van der Waals surface area contributed by atoms with Crippen LogP contribution in [0, 0.1) is 0 Å². The third kappa shape index (κ3) is 3.72. The first-order valence-corrected chi connectivity index (χ1v) is 9.91. The molecule has 1 N–H and O–H groups in total. The maximum Gasteiger partial charge on any atom is 0.320 e. The number of likely N-dealkylation sites (tertiary alicyclic amines) is 1. The lowest BCUT2D eigenvalue weighted by Gasteiger charge is -2.38. The van der Waals surface area contributed by atoms with Crippen LogP contribution in [0.5, 0.6) is 0 Å². The molecule has 0 unspecified atom stereocenters. The molecule has 0 aliphatic carbocycles. The number of benzene rings is 1. The van der Waals surface area contributed by atoms with Crippen LogP contribution < -0.4 is 5.56 Å². The van der Waals surface area contributed by atoms with Gasteiger partial charge in [0.05, 0.1) is 17.5 Å². The maximum absolute atomic E-state index is 12.8. The fourth-order valence-electron chi connectivity index (χ4n) is 3.99. The maximum atomic E-state index is 12.8. The number of piperazine rings is 1. The van der Waals surface area contributed by atoms with Gasteiger partial charge >= 0.3 is 6.03 Å². The lowest BCUT2D eigenvalue weighted by atomic mass is 10.1. The molecule has 3 amide bonds. The minimum Gasteiger partial charge on any atom is -0.339 e. The highest BCUT2D eigenvalue weighted by Crippen LogP contribution is 2.16. The number of nitrogens with zero attached hydrogens (tertiary/aromatic N) is 4. The van der Waals surface area contributed by atoms with Crippen molar-refractivity contribution < 1.29 is 9.59 Å². The van der Waals surface area contributed by atoms with Crippen molar-refractivity contribution in [3.8, 4) is 0 Å². The first-order chi connectivity index (χ1) is 13.6. The number of hydrogen-bond donors (Lipinski definition) is 1. The van der Waals surface area contributed by atoms with Gasteiger partial charge in [-0.15, -0.1) is 0 Å². The number of hydrogen-bond acceptors (Lipinski definition) is 4. The highest BCUT2D eigenvalue weighted by molar-refractivity contribution is 5.88. The fourth-order valence-corrected chi connectivity index (χ4v) is 3.99. The van der Waals surface area contributed by atoms with Crippen molar-refractivity contribution in [1.29, 1.82) is 0 Å². The zero-order valence-electron chi connectivity index (χ0n) is 15.9. The van der Waals surface area contributed by atoms with Gasteiger partial charge in [0.25, 0.3) is 5.56 Å². The lowest BCUT2D eigenvalue weighted by molar-refractivity contribution is -0.132. The van der Waals surface area contributed by atoms with E-state index in [0.29, 0.717) is 42.6 Å². The number of amides is 3. The predicted molar refractivity (Wildman–Crippen MR) is 105 cm³/mol. The van der Waals surface area contributed by atoms with E-state index < -0.39 is 0 Å². The molecule has 8 nitrogen and oxygen atoms in total. The topological polar surface area (TPSA) is 89.6 Å². The van der Waals surface area contributed by atoms with E-state index in [0.717, 1.165) is 25.9 Å². The molecule has 3 heterocycles. The summed E-state index contributed by atoms with van der Waals surface area (Å²) in [6, 6.07) is 7.27. The van der Waals surface area contributed by atoms with Crippen molar-refractivity contribution in [1.82, 2.24) is 24.9 Å². The Morgan fingerprint density at radius 1 is 0.857 bits per heavy atom. The molecule has 0 bridgehead atoms. The monoisotopic (exact) mass is 383 g/mol. The zero-order chi connectivity index (χ0) is 19.5. The van der Waals surface area contributed by atoms with E-state index >= 15 is 0 Å². The van der Waals surface area contributed by atoms with Crippen LogP contribution in [-0.2, 0) is 11.2 Å². The van der Waals surface area contributed by atoms with Gasteiger partial charge in [-0.3, -0.25) is 9.59 Å². The number of nitrogens with one attached hydrogen (secondary N) is 1. The van der Waals surface area contributed by atoms with Gasteiger partial charge in [0.2, 0.25) is 5.91 Å². The summed E-state index contributed by atoms with van der Waals surface area (Å²) in [7, 11) is 0. The number of aromatic amines is 1. The standard InChI is InChI=1S/C20H25N5O3/c26-18(14-17-15-6-2-3-7-16(15)19(27)22-21-17)23-10-12-25(13-11-23)20(28)24-8-4-1-5-9-24/h2-3,6-7H,1,4-5,8-14H2,(H,22,27). The second-order valence-electron chi connectivity index (χ2n) is 7.42. The largest absolute Gasteiger partial charge is 0.339 e. The fraction of sp³-hybridized carbons (Fsp3) is 0.500. The van der Waals surface area contributed by atoms with Crippen LogP contribution in [0.2, 0.25) is 0 Å². The molecule has 0 saturated carbocycles. The van der Waals surface area contributed by atoms with Gasteiger partial charge in [0.15, 0.2) is 0 Å². The third-order valence-corrected chi connectivity index (χ3v) is 5.62. The molecule has 1 aromatic heterocycles. The van der Waals surface area contributed by atoms with Gasteiger partial charge in [-0.1, -0.05) is 18.2 Å². The average molecular weight is 383 g/mol. The van der Waals surface area contributed by atoms with Crippen LogP contribution in [-0.4, -0.2) is 76.1 Å². The SMILES string of the molecule is O=C(Cc1n[nH]c(=O)c2ccccc12)N1CCN(C(=O)N2CCCCC2)CC1. The van der Waals surface area contributed by atoms with Crippen molar-refractivity contribution in [3.63, 3.8) is 0 Å². The van der Waals surface area contributed by atoms with Crippen LogP contribution in [0.25, 0.3) is 10.8 Å². The van der Waals surface area contributed by atoms with Crippen LogP contribution in [0.4, 0.5) is 4.79 Å². The number of carbonyl (C=O) groups is 2. The second-order valence-corrected chi connectivity index (χ2v) is 7.42. The molecule has 2 aliphatic heterocycles. The number of rotatable bonds is 2. The van der Waals surface area contributed by atoms with Crippen LogP contribution in [0.3, 0.4) is 0 Å². The number of aromatic nitrogens is 2. The number of piperidine rings is 1. The molecule has 2 aromatic rings. The van der Waals surface area contributed by atoms with Crippen molar-refractivity contribution in [2.24, 2.45) is 0 Å². The summed E-state index contributed by atoms with van der Waals surface area (Å²) in [6.07, 6.45) is 3.48. The molecule has 0 atom stereocenters. The smallest absolute Gasteiger partial charge is 0.320 e. The predicted octanol–water partition coefficient (Wildman–Crippen LogP) is 1.22. The van der Waals surface area contributed by atoms with Gasteiger partial charge < -0.3 is 14.7 Å². The molecule has 2 fully saturated rings. The van der Waals surface area contributed by atoms with Crippen LogP contribution in [0.15, 0.2) is 29.1 Å². The Bertz CT molecular complexity index is 927. The van der Waals surface area contributed by atoms with Gasteiger partial charge in [0.1, 0.15) is 0 Å². The number of carbonyl (C=O) groups excluding carboxylic acids is 2. The highest BCUT2D eigenvalue weighted by atomic mass is 16.2. The Balaban J connectivity index is 1.38. The summed E-state index contributed by atoms with van der Waals surface area (Å²) < 4.78 is 0. The molecule has 4 rings (SSSR count). The Morgan fingerprint density at radius 2 is 1.46 bits per heavy atom. The molecule has 0 spiro atoms. The second kappa shape index (κ2) is 8.00. The van der Waals surface area contributed by atoms with Crippen molar-refractivity contribution in [3.05, 3.63) is 40.3 Å². The van der Waals surface area contributed by atoms with E-state index in [1.54, 1.807) is 17.0 Å². The van der Waals surface area contributed by atoms with Gasteiger partial charge in [0, 0.05) is 44.7 Å². The van der Waals surface area contributed by atoms with Crippen molar-refractivity contribution in [2.75, 3.05) is 39.3 Å². The Labute approximate surface area is 163 Å². The van der Waals surface area contributed by atoms with Crippen LogP contribution >= 0.6 is 0 Å². The molecular weight excluding hydrogens is 358 g/mol. The first kappa shape index (κ1) is 18.5. The molecule has 2 saturated heterocycles. The Kier molecular flexibility index (Phi) is 5.27. The minimum absolute atomic E-state index is 0.0326. The Hall–Kier alpha value is -2.90. The van der Waals surface area contributed by atoms with Crippen LogP contribution in [0.1, 0.15) is 25.0 Å². The molecule has 148 valence electrons. The zero-order valence-corrected chi connectivity index (χ0v) is 15.9. The quantitative estimate of drug-likeness (QED) is 0.844. The van der Waals surface area contributed by atoms with Crippen molar-refractivity contribution in [2.45, 2.75) is 25.7 Å². The first-order valence-electron chi connectivity index (χ1n) is 9.91. The molecule has 1 aromatic carbocycles. The summed E-state index contributed by atoms with van der Waals surface area (Å²) in [5, 5.41) is 7.81. The van der Waals surface area contributed by atoms with Gasteiger partial charge in [-0.2, -0.15) is 5.10 Å². The average Bonchev–Trinajstić information content (AvgIpc) is 2.76. The summed E-state index contributed by atoms with van der Waals surface area (Å²) in [6.45, 7) is 3.84. The van der Waals surface area contributed by atoms with Crippen molar-refractivity contribution >= 4 is 22.7 Å². The van der Waals surface area contributed by atoms with Gasteiger partial charge in [-0.25, -0.2) is 9.89 Å². The normalized spacial score (nSPS) is 17.8. The summed E-state index contributed by atoms with van der Waals surface area (Å²) in [5.41, 5.74) is 0.323. The Morgan fingerprint density at radius 3 is 2.18 bits per heavy atom. The summed E-state index contributed by atoms with van der Waals surface area (Å²) in [4.78, 5) is 42.8. The number of urea groups is 1. The van der Waals surface area contributed by atoms with Gasteiger partial charge in [-0.05, 0) is 25.3 Å². The summed E-state index contributed by atoms with van der Waals surface area (Å²) >= 11 is 0. The third-order valence-electron chi connectivity index (χ3n) is 5.62. The van der Waals surface area contributed by atoms with E-state index in [1.165, 1.54) is 6.42 Å². The molecule has 28 heavy (non-hydrogen) atoms. The van der Waals surface area contributed by atoms with E-state index in [9.17, 15) is 14.4 Å². The van der Waals surface area contributed by atoms with E-state index in [4.69, 9.17) is 0 Å². The molecule has 2 aliphatic rings. The highest BCUT2D eigenvalue weighted by Gasteiger charge is 2.28. The molecule has 8 heteroatoms.